The lowest BCUT2D eigenvalue weighted by molar-refractivity contribution is -0.150. The molecule has 0 bridgehead atoms. The van der Waals surface area contributed by atoms with Crippen LogP contribution in [-0.4, -0.2) is 30.4 Å². The van der Waals surface area contributed by atoms with Crippen molar-refractivity contribution in [1.29, 1.82) is 0 Å². The molecule has 2 amide bonds. The summed E-state index contributed by atoms with van der Waals surface area (Å²) in [5, 5.41) is 5.24. The number of amides is 2. The lowest BCUT2D eigenvalue weighted by Gasteiger charge is -2.13. The summed E-state index contributed by atoms with van der Waals surface area (Å²) >= 11 is 0. The van der Waals surface area contributed by atoms with Crippen LogP contribution in [0.3, 0.4) is 0 Å². The van der Waals surface area contributed by atoms with Gasteiger partial charge in [-0.3, -0.25) is 9.59 Å². The molecule has 1 atom stereocenters. The number of benzene rings is 2. The second-order valence-corrected chi connectivity index (χ2v) is 5.87. The predicted octanol–water partition coefficient (Wildman–Crippen LogP) is 1.97. The summed E-state index contributed by atoms with van der Waals surface area (Å²) in [7, 11) is 0. The van der Waals surface area contributed by atoms with Crippen LogP contribution in [0.1, 0.15) is 28.4 Å². The highest BCUT2D eigenvalue weighted by molar-refractivity contribution is 5.96. The van der Waals surface area contributed by atoms with Gasteiger partial charge in [-0.25, -0.2) is 4.79 Å². The van der Waals surface area contributed by atoms with E-state index in [2.05, 4.69) is 10.6 Å². The molecule has 6 nitrogen and oxygen atoms in total. The fourth-order valence-electron chi connectivity index (χ4n) is 2.24. The average molecular weight is 354 g/mol. The fourth-order valence-corrected chi connectivity index (χ4v) is 2.24. The van der Waals surface area contributed by atoms with Crippen LogP contribution in [0.15, 0.2) is 54.6 Å². The molecule has 0 radical (unpaired) electrons. The van der Waals surface area contributed by atoms with Gasteiger partial charge in [0.15, 0.2) is 6.61 Å². The average Bonchev–Trinajstić information content (AvgIpc) is 2.66. The first-order chi connectivity index (χ1) is 12.5. The van der Waals surface area contributed by atoms with E-state index >= 15 is 0 Å². The molecule has 0 fully saturated rings. The standard InChI is InChI=1S/C20H22N2O4/c1-14-8-6-7-11-17(14)12-21-18(23)13-26-20(25)15(2)22-19(24)16-9-4-3-5-10-16/h3-11,15H,12-13H2,1-2H3,(H,21,23)(H,22,24)/t15-/m0/s1. The molecule has 0 saturated carbocycles. The molecule has 0 aliphatic heterocycles. The van der Waals surface area contributed by atoms with Gasteiger partial charge in [0.25, 0.3) is 11.8 Å². The van der Waals surface area contributed by atoms with Crippen molar-refractivity contribution in [1.82, 2.24) is 10.6 Å². The van der Waals surface area contributed by atoms with E-state index in [4.69, 9.17) is 4.74 Å². The van der Waals surface area contributed by atoms with E-state index in [9.17, 15) is 14.4 Å². The van der Waals surface area contributed by atoms with Crippen molar-refractivity contribution in [2.24, 2.45) is 0 Å². The Morgan fingerprint density at radius 1 is 1.00 bits per heavy atom. The zero-order chi connectivity index (χ0) is 18.9. The third-order valence-electron chi connectivity index (χ3n) is 3.82. The van der Waals surface area contributed by atoms with E-state index in [1.54, 1.807) is 30.3 Å². The van der Waals surface area contributed by atoms with Crippen LogP contribution >= 0.6 is 0 Å². The van der Waals surface area contributed by atoms with Crippen molar-refractivity contribution in [3.05, 3.63) is 71.3 Å². The molecule has 2 aromatic carbocycles. The van der Waals surface area contributed by atoms with Gasteiger partial charge < -0.3 is 15.4 Å². The first kappa shape index (κ1) is 19.2. The Balaban J connectivity index is 1.74. The molecule has 136 valence electrons. The molecule has 2 N–H and O–H groups in total. The van der Waals surface area contributed by atoms with E-state index in [1.807, 2.05) is 31.2 Å². The van der Waals surface area contributed by atoms with E-state index in [0.29, 0.717) is 12.1 Å². The predicted molar refractivity (Wildman–Crippen MR) is 97.4 cm³/mol. The van der Waals surface area contributed by atoms with Gasteiger partial charge in [0, 0.05) is 12.1 Å². The number of rotatable bonds is 7. The van der Waals surface area contributed by atoms with Gasteiger partial charge in [-0.1, -0.05) is 42.5 Å². The van der Waals surface area contributed by atoms with Gasteiger partial charge in [0.2, 0.25) is 0 Å². The number of nitrogens with one attached hydrogen (secondary N) is 2. The quantitative estimate of drug-likeness (QED) is 0.745. The molecule has 0 aliphatic rings. The Bertz CT molecular complexity index is 774. The maximum Gasteiger partial charge on any atom is 0.328 e. The smallest absolute Gasteiger partial charge is 0.328 e. The van der Waals surface area contributed by atoms with Crippen LogP contribution in [0.4, 0.5) is 0 Å². The molecule has 26 heavy (non-hydrogen) atoms. The highest BCUT2D eigenvalue weighted by atomic mass is 16.5. The van der Waals surface area contributed by atoms with Crippen LogP contribution in [-0.2, 0) is 20.9 Å². The summed E-state index contributed by atoms with van der Waals surface area (Å²) in [4.78, 5) is 35.7. The maximum atomic E-state index is 12.0. The van der Waals surface area contributed by atoms with Crippen molar-refractivity contribution in [2.75, 3.05) is 6.61 Å². The third-order valence-corrected chi connectivity index (χ3v) is 3.82. The van der Waals surface area contributed by atoms with E-state index in [1.165, 1.54) is 6.92 Å². The largest absolute Gasteiger partial charge is 0.454 e. The van der Waals surface area contributed by atoms with Crippen molar-refractivity contribution in [2.45, 2.75) is 26.4 Å². The molecular weight excluding hydrogens is 332 g/mol. The van der Waals surface area contributed by atoms with Crippen molar-refractivity contribution >= 4 is 17.8 Å². The van der Waals surface area contributed by atoms with Crippen molar-refractivity contribution < 1.29 is 19.1 Å². The Morgan fingerprint density at radius 3 is 2.35 bits per heavy atom. The zero-order valence-electron chi connectivity index (χ0n) is 14.8. The minimum absolute atomic E-state index is 0.364. The Kier molecular flexibility index (Phi) is 6.91. The summed E-state index contributed by atoms with van der Waals surface area (Å²) < 4.78 is 4.96. The van der Waals surface area contributed by atoms with Gasteiger partial charge >= 0.3 is 5.97 Å². The molecule has 6 heteroatoms. The molecule has 0 aromatic heterocycles. The van der Waals surface area contributed by atoms with Gasteiger partial charge in [0.05, 0.1) is 0 Å². The highest BCUT2D eigenvalue weighted by Crippen LogP contribution is 2.06. The summed E-state index contributed by atoms with van der Waals surface area (Å²) in [6.07, 6.45) is 0. The zero-order valence-corrected chi connectivity index (χ0v) is 14.8. The van der Waals surface area contributed by atoms with Crippen LogP contribution in [0.5, 0.6) is 0 Å². The number of ether oxygens (including phenoxy) is 1. The number of aryl methyl sites for hydroxylation is 1. The number of hydrogen-bond acceptors (Lipinski definition) is 4. The Hall–Kier alpha value is -3.15. The second-order valence-electron chi connectivity index (χ2n) is 5.87. The highest BCUT2D eigenvalue weighted by Gasteiger charge is 2.18. The number of carbonyl (C=O) groups excluding carboxylic acids is 3. The Morgan fingerprint density at radius 2 is 1.65 bits per heavy atom. The van der Waals surface area contributed by atoms with Gasteiger partial charge in [0.1, 0.15) is 6.04 Å². The minimum Gasteiger partial charge on any atom is -0.454 e. The van der Waals surface area contributed by atoms with E-state index in [-0.39, 0.29) is 5.91 Å². The minimum atomic E-state index is -0.855. The van der Waals surface area contributed by atoms with Gasteiger partial charge in [-0.05, 0) is 37.1 Å². The van der Waals surface area contributed by atoms with E-state index < -0.39 is 24.5 Å². The van der Waals surface area contributed by atoms with Crippen LogP contribution < -0.4 is 10.6 Å². The van der Waals surface area contributed by atoms with Crippen LogP contribution in [0.25, 0.3) is 0 Å². The number of carbonyl (C=O) groups is 3. The Labute approximate surface area is 152 Å². The monoisotopic (exact) mass is 354 g/mol. The van der Waals surface area contributed by atoms with Crippen LogP contribution in [0, 0.1) is 6.92 Å². The third kappa shape index (κ3) is 5.73. The van der Waals surface area contributed by atoms with Crippen molar-refractivity contribution in [3.63, 3.8) is 0 Å². The molecular formula is C20H22N2O4. The first-order valence-corrected chi connectivity index (χ1v) is 8.31. The molecule has 0 unspecified atom stereocenters. The van der Waals surface area contributed by atoms with Gasteiger partial charge in [-0.2, -0.15) is 0 Å². The van der Waals surface area contributed by atoms with Crippen molar-refractivity contribution in [3.8, 4) is 0 Å². The first-order valence-electron chi connectivity index (χ1n) is 8.31. The fraction of sp³-hybridized carbons (Fsp3) is 0.250. The lowest BCUT2D eigenvalue weighted by atomic mass is 10.1. The molecule has 0 saturated heterocycles. The summed E-state index contributed by atoms with van der Waals surface area (Å²) in [5.74, 6) is -1.44. The number of hydrogen-bond donors (Lipinski definition) is 2. The second kappa shape index (κ2) is 9.36. The van der Waals surface area contributed by atoms with Crippen LogP contribution in [0.2, 0.25) is 0 Å². The molecule has 2 rings (SSSR count). The normalized spacial score (nSPS) is 11.3. The summed E-state index contributed by atoms with van der Waals surface area (Å²) in [6, 6.07) is 15.4. The molecule has 0 aliphatic carbocycles. The van der Waals surface area contributed by atoms with E-state index in [0.717, 1.165) is 11.1 Å². The maximum absolute atomic E-state index is 12.0. The SMILES string of the molecule is Cc1ccccc1CNC(=O)COC(=O)[C@H](C)NC(=O)c1ccccc1. The lowest BCUT2D eigenvalue weighted by Crippen LogP contribution is -2.40. The summed E-state index contributed by atoms with van der Waals surface area (Å²) in [6.45, 7) is 3.44. The molecule has 2 aromatic rings. The molecule has 0 spiro atoms. The topological polar surface area (TPSA) is 84.5 Å². The summed E-state index contributed by atoms with van der Waals surface area (Å²) in [5.41, 5.74) is 2.51. The molecule has 0 heterocycles. The van der Waals surface area contributed by atoms with Gasteiger partial charge in [-0.15, -0.1) is 0 Å². The number of esters is 1.